The first-order valence-corrected chi connectivity index (χ1v) is 5.15. The smallest absolute Gasteiger partial charge is 0.303 e. The largest absolute Gasteiger partial charge is 0.481 e. The van der Waals surface area contributed by atoms with Gasteiger partial charge in [0.1, 0.15) is 5.78 Å². The second kappa shape index (κ2) is 6.53. The molecular weight excluding hydrogens is 200 g/mol. The average molecular weight is 216 g/mol. The number of ketones is 1. The minimum absolute atomic E-state index is 0.0461. The van der Waals surface area contributed by atoms with Crippen molar-refractivity contribution >= 4 is 11.8 Å². The molecule has 0 radical (unpaired) electrons. The monoisotopic (exact) mass is 216 g/mol. The quantitative estimate of drug-likeness (QED) is 0.716. The van der Waals surface area contributed by atoms with Gasteiger partial charge in [0.15, 0.2) is 6.29 Å². The zero-order chi connectivity index (χ0) is 11.1. The molecule has 5 nitrogen and oxygen atoms in total. The van der Waals surface area contributed by atoms with Crippen molar-refractivity contribution < 1.29 is 24.2 Å². The van der Waals surface area contributed by atoms with Gasteiger partial charge in [-0.05, 0) is 6.42 Å². The SMILES string of the molecule is O=C(O)CCC(=O)CCC1OCCCO1. The Morgan fingerprint density at radius 2 is 1.80 bits per heavy atom. The molecule has 1 saturated heterocycles. The fourth-order valence-electron chi connectivity index (χ4n) is 1.35. The van der Waals surface area contributed by atoms with Crippen molar-refractivity contribution in [2.45, 2.75) is 38.4 Å². The lowest BCUT2D eigenvalue weighted by molar-refractivity contribution is -0.182. The highest BCUT2D eigenvalue weighted by Gasteiger charge is 2.15. The first-order valence-electron chi connectivity index (χ1n) is 5.15. The maximum atomic E-state index is 11.2. The van der Waals surface area contributed by atoms with E-state index in [-0.39, 0.29) is 24.9 Å². The van der Waals surface area contributed by atoms with E-state index in [4.69, 9.17) is 14.6 Å². The first-order chi connectivity index (χ1) is 7.18. The van der Waals surface area contributed by atoms with E-state index in [2.05, 4.69) is 0 Å². The van der Waals surface area contributed by atoms with Crippen LogP contribution in [0.5, 0.6) is 0 Å². The summed E-state index contributed by atoms with van der Waals surface area (Å²) < 4.78 is 10.5. The fourth-order valence-corrected chi connectivity index (χ4v) is 1.35. The van der Waals surface area contributed by atoms with Gasteiger partial charge in [0.2, 0.25) is 0 Å². The number of Topliss-reactive ketones (excluding diaryl/α,β-unsaturated/α-hetero) is 1. The van der Waals surface area contributed by atoms with Crippen LogP contribution in [0.4, 0.5) is 0 Å². The number of ether oxygens (including phenoxy) is 2. The van der Waals surface area contributed by atoms with E-state index < -0.39 is 5.97 Å². The van der Waals surface area contributed by atoms with Crippen LogP contribution >= 0.6 is 0 Å². The predicted molar refractivity (Wildman–Crippen MR) is 51.4 cm³/mol. The summed E-state index contributed by atoms with van der Waals surface area (Å²) in [6.07, 6.45) is 1.47. The van der Waals surface area contributed by atoms with Crippen LogP contribution in [-0.2, 0) is 19.1 Å². The Balaban J connectivity index is 2.07. The number of carbonyl (C=O) groups excluding carboxylic acids is 1. The van der Waals surface area contributed by atoms with Crippen molar-refractivity contribution in [3.8, 4) is 0 Å². The molecule has 0 amide bonds. The van der Waals surface area contributed by atoms with Crippen molar-refractivity contribution in [2.75, 3.05) is 13.2 Å². The molecular formula is C10H16O5. The van der Waals surface area contributed by atoms with Crippen molar-refractivity contribution in [1.29, 1.82) is 0 Å². The molecule has 1 N–H and O–H groups in total. The molecule has 1 aliphatic rings. The Hall–Kier alpha value is -0.940. The molecule has 1 rings (SSSR count). The van der Waals surface area contributed by atoms with Gasteiger partial charge in [-0.25, -0.2) is 0 Å². The number of carboxylic acid groups (broad SMARTS) is 1. The Morgan fingerprint density at radius 3 is 2.40 bits per heavy atom. The average Bonchev–Trinajstić information content (AvgIpc) is 2.25. The van der Waals surface area contributed by atoms with Gasteiger partial charge in [-0.15, -0.1) is 0 Å². The van der Waals surface area contributed by atoms with Crippen LogP contribution in [0.1, 0.15) is 32.1 Å². The van der Waals surface area contributed by atoms with Crippen LogP contribution in [0.25, 0.3) is 0 Å². The number of aliphatic carboxylic acids is 1. The van der Waals surface area contributed by atoms with Crippen molar-refractivity contribution in [1.82, 2.24) is 0 Å². The number of hydrogen-bond acceptors (Lipinski definition) is 4. The van der Waals surface area contributed by atoms with E-state index >= 15 is 0 Å². The summed E-state index contributed by atoms with van der Waals surface area (Å²) in [6, 6.07) is 0. The maximum absolute atomic E-state index is 11.2. The van der Waals surface area contributed by atoms with Crippen LogP contribution in [0, 0.1) is 0 Å². The molecule has 15 heavy (non-hydrogen) atoms. The topological polar surface area (TPSA) is 72.8 Å². The summed E-state index contributed by atoms with van der Waals surface area (Å²) in [4.78, 5) is 21.4. The van der Waals surface area contributed by atoms with Crippen LogP contribution in [0.3, 0.4) is 0 Å². The lowest BCUT2D eigenvalue weighted by atomic mass is 10.1. The van der Waals surface area contributed by atoms with Crippen molar-refractivity contribution in [3.05, 3.63) is 0 Å². The Labute approximate surface area is 88.4 Å². The summed E-state index contributed by atoms with van der Waals surface area (Å²) in [5.74, 6) is -0.983. The summed E-state index contributed by atoms with van der Waals surface area (Å²) >= 11 is 0. The minimum atomic E-state index is -0.937. The van der Waals surface area contributed by atoms with E-state index in [1.54, 1.807) is 0 Å². The van der Waals surface area contributed by atoms with Gasteiger partial charge >= 0.3 is 5.97 Å². The molecule has 0 spiro atoms. The number of rotatable bonds is 6. The summed E-state index contributed by atoms with van der Waals surface area (Å²) in [6.45, 7) is 1.35. The highest BCUT2D eigenvalue weighted by Crippen LogP contribution is 2.11. The van der Waals surface area contributed by atoms with E-state index in [0.717, 1.165) is 6.42 Å². The summed E-state index contributed by atoms with van der Waals surface area (Å²) in [5, 5.41) is 8.38. The third kappa shape index (κ3) is 5.49. The van der Waals surface area contributed by atoms with Gasteiger partial charge in [-0.1, -0.05) is 0 Å². The van der Waals surface area contributed by atoms with Crippen LogP contribution in [0.15, 0.2) is 0 Å². The van der Waals surface area contributed by atoms with Crippen molar-refractivity contribution in [3.63, 3.8) is 0 Å². The van der Waals surface area contributed by atoms with Gasteiger partial charge in [-0.3, -0.25) is 9.59 Å². The van der Waals surface area contributed by atoms with Gasteiger partial charge in [-0.2, -0.15) is 0 Å². The van der Waals surface area contributed by atoms with E-state index in [0.29, 0.717) is 26.1 Å². The number of carboxylic acids is 1. The van der Waals surface area contributed by atoms with Gasteiger partial charge in [0, 0.05) is 19.3 Å². The molecule has 1 fully saturated rings. The normalized spacial score (nSPS) is 17.6. The molecule has 0 aliphatic carbocycles. The summed E-state index contributed by atoms with van der Waals surface area (Å²) in [5.41, 5.74) is 0. The standard InChI is InChI=1S/C10H16O5/c11-8(2-4-9(12)13)3-5-10-14-6-1-7-15-10/h10H,1-7H2,(H,12,13). The van der Waals surface area contributed by atoms with E-state index in [1.807, 2.05) is 0 Å². The fraction of sp³-hybridized carbons (Fsp3) is 0.800. The van der Waals surface area contributed by atoms with Crippen molar-refractivity contribution in [2.24, 2.45) is 0 Å². The highest BCUT2D eigenvalue weighted by atomic mass is 16.7. The van der Waals surface area contributed by atoms with E-state index in [1.165, 1.54) is 0 Å². The number of hydrogen-bond donors (Lipinski definition) is 1. The minimum Gasteiger partial charge on any atom is -0.481 e. The van der Waals surface area contributed by atoms with Crippen LogP contribution < -0.4 is 0 Å². The molecule has 0 unspecified atom stereocenters. The first kappa shape index (κ1) is 12.1. The molecule has 5 heteroatoms. The molecule has 0 aromatic carbocycles. The van der Waals surface area contributed by atoms with Crippen LogP contribution in [0.2, 0.25) is 0 Å². The third-order valence-electron chi connectivity index (χ3n) is 2.17. The molecule has 1 aliphatic heterocycles. The molecule has 0 saturated carbocycles. The Bertz CT molecular complexity index is 220. The van der Waals surface area contributed by atoms with Gasteiger partial charge in [0.25, 0.3) is 0 Å². The second-order valence-electron chi connectivity index (χ2n) is 3.50. The lowest BCUT2D eigenvalue weighted by Gasteiger charge is -2.22. The van der Waals surface area contributed by atoms with Gasteiger partial charge in [0.05, 0.1) is 19.6 Å². The Morgan fingerprint density at radius 1 is 1.13 bits per heavy atom. The molecule has 0 atom stereocenters. The second-order valence-corrected chi connectivity index (χ2v) is 3.50. The third-order valence-corrected chi connectivity index (χ3v) is 2.17. The predicted octanol–water partition coefficient (Wildman–Crippen LogP) is 0.964. The highest BCUT2D eigenvalue weighted by molar-refractivity contribution is 5.82. The zero-order valence-corrected chi connectivity index (χ0v) is 8.61. The maximum Gasteiger partial charge on any atom is 0.303 e. The molecule has 0 bridgehead atoms. The Kier molecular flexibility index (Phi) is 5.28. The summed E-state index contributed by atoms with van der Waals surface area (Å²) in [7, 11) is 0. The van der Waals surface area contributed by atoms with Gasteiger partial charge < -0.3 is 14.6 Å². The molecule has 0 aromatic rings. The van der Waals surface area contributed by atoms with Crippen LogP contribution in [-0.4, -0.2) is 36.4 Å². The zero-order valence-electron chi connectivity index (χ0n) is 8.61. The molecule has 0 aromatic heterocycles. The number of carbonyl (C=O) groups is 2. The lowest BCUT2D eigenvalue weighted by Crippen LogP contribution is -2.25. The molecule has 86 valence electrons. The molecule has 1 heterocycles. The van der Waals surface area contributed by atoms with E-state index in [9.17, 15) is 9.59 Å².